The summed E-state index contributed by atoms with van der Waals surface area (Å²) in [6.45, 7) is 6.15. The Bertz CT molecular complexity index is 1580. The number of primary amides is 1. The Morgan fingerprint density at radius 3 is 2.31 bits per heavy atom. The standard InChI is InChI=1S/C29H33N5O6S2/c1-18-14-34(15-19(2)40-18)42(38,39)22-10-8-21(9-11-22)26(35)31-28-25(27(36)32-29(30)37)23-12-13-33(17-24(23)41-28)16-20-6-4-3-5-7-20/h3-11,18-19H,12-17H2,1-2H3,(H,31,35)(H3,30,32,36,37). The second-order valence-electron chi connectivity index (χ2n) is 10.5. The molecule has 222 valence electrons. The number of hydrogen-bond donors (Lipinski definition) is 3. The Morgan fingerprint density at radius 1 is 1.00 bits per heavy atom. The molecule has 0 saturated carbocycles. The van der Waals surface area contributed by atoms with Gasteiger partial charge in [-0.1, -0.05) is 30.3 Å². The van der Waals surface area contributed by atoms with Gasteiger partial charge in [0.15, 0.2) is 0 Å². The summed E-state index contributed by atoms with van der Waals surface area (Å²) < 4.78 is 33.4. The third kappa shape index (κ3) is 6.55. The van der Waals surface area contributed by atoms with Crippen molar-refractivity contribution in [2.45, 2.75) is 50.5 Å². The number of fused-ring (bicyclic) bond motifs is 1. The predicted molar refractivity (Wildman–Crippen MR) is 159 cm³/mol. The van der Waals surface area contributed by atoms with Crippen molar-refractivity contribution in [2.75, 3.05) is 25.0 Å². The van der Waals surface area contributed by atoms with Crippen LogP contribution in [0.5, 0.6) is 0 Å². The molecule has 5 rings (SSSR count). The minimum Gasteiger partial charge on any atom is -0.373 e. The molecule has 2 aromatic carbocycles. The quantitative estimate of drug-likeness (QED) is 0.371. The lowest BCUT2D eigenvalue weighted by Crippen LogP contribution is -2.48. The van der Waals surface area contributed by atoms with Crippen LogP contribution in [-0.4, -0.2) is 67.3 Å². The van der Waals surface area contributed by atoms with Gasteiger partial charge in [0, 0.05) is 43.2 Å². The van der Waals surface area contributed by atoms with Crippen molar-refractivity contribution in [1.29, 1.82) is 0 Å². The average Bonchev–Trinajstić information content (AvgIpc) is 3.30. The molecule has 4 N–H and O–H groups in total. The molecule has 1 aromatic heterocycles. The normalized spacial score (nSPS) is 19.6. The maximum atomic E-state index is 13.3. The predicted octanol–water partition coefficient (Wildman–Crippen LogP) is 3.17. The van der Waals surface area contributed by atoms with E-state index in [1.54, 1.807) is 0 Å². The lowest BCUT2D eigenvalue weighted by Gasteiger charge is -2.34. The zero-order chi connectivity index (χ0) is 30.0. The first kappa shape index (κ1) is 29.9. The maximum absolute atomic E-state index is 13.3. The lowest BCUT2D eigenvalue weighted by atomic mass is 10.0. The highest BCUT2D eigenvalue weighted by Crippen LogP contribution is 2.38. The Kier molecular flexibility index (Phi) is 8.76. The number of sulfonamides is 1. The molecule has 2 atom stereocenters. The van der Waals surface area contributed by atoms with Crippen molar-refractivity contribution in [3.63, 3.8) is 0 Å². The van der Waals surface area contributed by atoms with Crippen molar-refractivity contribution in [3.8, 4) is 0 Å². The summed E-state index contributed by atoms with van der Waals surface area (Å²) in [5.41, 5.74) is 7.60. The highest BCUT2D eigenvalue weighted by atomic mass is 32.2. The van der Waals surface area contributed by atoms with Crippen LogP contribution in [0.15, 0.2) is 59.5 Å². The van der Waals surface area contributed by atoms with E-state index >= 15 is 0 Å². The first-order valence-electron chi connectivity index (χ1n) is 13.6. The zero-order valence-corrected chi connectivity index (χ0v) is 25.0. The number of anilines is 1. The van der Waals surface area contributed by atoms with Gasteiger partial charge in [-0.3, -0.25) is 19.8 Å². The van der Waals surface area contributed by atoms with Gasteiger partial charge in [0.25, 0.3) is 11.8 Å². The van der Waals surface area contributed by atoms with E-state index in [-0.39, 0.29) is 41.3 Å². The van der Waals surface area contributed by atoms with Gasteiger partial charge >= 0.3 is 6.03 Å². The monoisotopic (exact) mass is 611 g/mol. The molecule has 3 heterocycles. The lowest BCUT2D eigenvalue weighted by molar-refractivity contribution is -0.0440. The molecular weight excluding hydrogens is 578 g/mol. The number of carbonyl (C=O) groups excluding carboxylic acids is 3. The number of hydrogen-bond acceptors (Lipinski definition) is 8. The first-order valence-corrected chi connectivity index (χ1v) is 15.9. The van der Waals surface area contributed by atoms with Crippen molar-refractivity contribution < 1.29 is 27.5 Å². The minimum atomic E-state index is -3.77. The van der Waals surface area contributed by atoms with Crippen molar-refractivity contribution in [1.82, 2.24) is 14.5 Å². The number of nitrogens with two attached hydrogens (primary N) is 1. The molecule has 2 aliphatic rings. The van der Waals surface area contributed by atoms with Gasteiger partial charge in [0.1, 0.15) is 5.00 Å². The largest absolute Gasteiger partial charge is 0.373 e. The number of imide groups is 1. The number of thiophene rings is 1. The second kappa shape index (κ2) is 12.3. The fourth-order valence-corrected chi connectivity index (χ4v) is 8.24. The molecule has 11 nitrogen and oxygen atoms in total. The van der Waals surface area contributed by atoms with Crippen molar-refractivity contribution >= 4 is 44.2 Å². The van der Waals surface area contributed by atoms with E-state index in [0.717, 1.165) is 17.0 Å². The summed E-state index contributed by atoms with van der Waals surface area (Å²) in [7, 11) is -3.77. The van der Waals surface area contributed by atoms with Crippen molar-refractivity contribution in [3.05, 3.63) is 81.7 Å². The summed E-state index contributed by atoms with van der Waals surface area (Å²) in [6, 6.07) is 14.7. The van der Waals surface area contributed by atoms with Gasteiger partial charge in [-0.05, 0) is 55.7 Å². The van der Waals surface area contributed by atoms with Crippen molar-refractivity contribution in [2.24, 2.45) is 5.73 Å². The van der Waals surface area contributed by atoms with E-state index in [1.807, 2.05) is 32.0 Å². The number of nitrogens with one attached hydrogen (secondary N) is 2. The third-order valence-corrected chi connectivity index (χ3v) is 10.2. The summed E-state index contributed by atoms with van der Waals surface area (Å²) in [5, 5.41) is 5.23. The number of nitrogens with zero attached hydrogens (tertiary/aromatic N) is 2. The van der Waals surface area contributed by atoms with E-state index in [4.69, 9.17) is 10.5 Å². The molecule has 13 heteroatoms. The van der Waals surface area contributed by atoms with Gasteiger partial charge in [0.2, 0.25) is 10.0 Å². The smallest absolute Gasteiger partial charge is 0.319 e. The molecule has 2 unspecified atom stereocenters. The fourth-order valence-electron chi connectivity index (χ4n) is 5.37. The Hall–Kier alpha value is -3.62. The van der Waals surface area contributed by atoms with Crippen LogP contribution in [0.3, 0.4) is 0 Å². The van der Waals surface area contributed by atoms with Crippen LogP contribution >= 0.6 is 11.3 Å². The molecule has 0 radical (unpaired) electrons. The van der Waals surface area contributed by atoms with Gasteiger partial charge in [-0.2, -0.15) is 4.31 Å². The van der Waals surface area contributed by atoms with Gasteiger partial charge in [-0.15, -0.1) is 11.3 Å². The number of ether oxygens (including phenoxy) is 1. The second-order valence-corrected chi connectivity index (χ2v) is 13.6. The van der Waals surface area contributed by atoms with E-state index in [2.05, 4.69) is 27.7 Å². The van der Waals surface area contributed by atoms with Crippen LogP contribution in [0, 0.1) is 0 Å². The fraction of sp³-hybridized carbons (Fsp3) is 0.345. The Balaban J connectivity index is 1.35. The van der Waals surface area contributed by atoms with E-state index in [1.165, 1.54) is 45.5 Å². The zero-order valence-electron chi connectivity index (χ0n) is 23.3. The number of urea groups is 1. The minimum absolute atomic E-state index is 0.0759. The molecule has 3 aromatic rings. The summed E-state index contributed by atoms with van der Waals surface area (Å²) in [4.78, 5) is 41.0. The molecule has 4 amide bonds. The van der Waals surface area contributed by atoms with E-state index in [0.29, 0.717) is 24.5 Å². The number of carbonyl (C=O) groups is 3. The van der Waals surface area contributed by atoms with Crippen LogP contribution in [0.2, 0.25) is 0 Å². The van der Waals surface area contributed by atoms with E-state index in [9.17, 15) is 22.8 Å². The van der Waals surface area contributed by atoms with Crippen LogP contribution in [-0.2, 0) is 34.3 Å². The molecule has 0 aliphatic carbocycles. The summed E-state index contributed by atoms with van der Waals surface area (Å²) in [5.74, 6) is -1.19. The molecule has 1 fully saturated rings. The molecule has 0 spiro atoms. The topological polar surface area (TPSA) is 151 Å². The summed E-state index contributed by atoms with van der Waals surface area (Å²) >= 11 is 1.28. The highest BCUT2D eigenvalue weighted by molar-refractivity contribution is 7.89. The molecule has 2 aliphatic heterocycles. The maximum Gasteiger partial charge on any atom is 0.319 e. The summed E-state index contributed by atoms with van der Waals surface area (Å²) in [6.07, 6.45) is 0.106. The van der Waals surface area contributed by atoms with E-state index < -0.39 is 27.9 Å². The number of amides is 4. The number of rotatable bonds is 7. The molecule has 42 heavy (non-hydrogen) atoms. The third-order valence-electron chi connectivity index (χ3n) is 7.22. The highest BCUT2D eigenvalue weighted by Gasteiger charge is 2.33. The number of morpholine rings is 1. The van der Waals surface area contributed by atoms with Gasteiger partial charge < -0.3 is 15.8 Å². The molecule has 0 bridgehead atoms. The van der Waals surface area contributed by atoms with Crippen LogP contribution < -0.4 is 16.4 Å². The van der Waals surface area contributed by atoms with Gasteiger partial charge in [-0.25, -0.2) is 13.2 Å². The Labute approximate surface area is 248 Å². The average molecular weight is 612 g/mol. The number of benzene rings is 2. The Morgan fingerprint density at radius 2 is 1.67 bits per heavy atom. The van der Waals surface area contributed by atoms with Crippen LogP contribution in [0.25, 0.3) is 0 Å². The first-order chi connectivity index (χ1) is 20.0. The van der Waals surface area contributed by atoms with Crippen LogP contribution in [0.4, 0.5) is 9.80 Å². The van der Waals surface area contributed by atoms with Gasteiger partial charge in [0.05, 0.1) is 22.7 Å². The molecular formula is C29H33N5O6S2. The van der Waals surface area contributed by atoms with Crippen LogP contribution in [0.1, 0.15) is 50.6 Å². The SMILES string of the molecule is CC1CN(S(=O)(=O)c2ccc(C(=O)Nc3sc4c(c3C(=O)NC(N)=O)CCN(Cc3ccccc3)C4)cc2)CC(C)O1. The molecule has 1 saturated heterocycles.